The van der Waals surface area contributed by atoms with Gasteiger partial charge in [0, 0.05) is 29.2 Å². The second kappa shape index (κ2) is 6.09. The van der Waals surface area contributed by atoms with E-state index in [1.165, 1.54) is 0 Å². The zero-order valence-corrected chi connectivity index (χ0v) is 13.5. The van der Waals surface area contributed by atoms with Crippen LogP contribution < -0.4 is 0 Å². The van der Waals surface area contributed by atoms with Crippen LogP contribution in [0, 0.1) is 0 Å². The van der Waals surface area contributed by atoms with Crippen molar-refractivity contribution in [3.05, 3.63) is 71.1 Å². The fourth-order valence-electron chi connectivity index (χ4n) is 2.68. The summed E-state index contributed by atoms with van der Waals surface area (Å²) in [5.41, 5.74) is 1.55. The van der Waals surface area contributed by atoms with Crippen LogP contribution in [0.4, 0.5) is 0 Å². The molecule has 0 radical (unpaired) electrons. The minimum atomic E-state index is -0.00860. The fraction of sp³-hybridized carbons (Fsp3) is 0.167. The Hall–Kier alpha value is -2.66. The standard InChI is InChI=1S/C18H14ClN3O2/c19-15-8-6-13(7-9-15)18(23)22-10-14(11-22)17-20-16(21-24-17)12-4-2-1-3-5-12/h1-9,14H,10-11H2. The first kappa shape index (κ1) is 14.9. The van der Waals surface area contributed by atoms with Gasteiger partial charge in [0.15, 0.2) is 0 Å². The summed E-state index contributed by atoms with van der Waals surface area (Å²) in [5, 5.41) is 4.64. The summed E-state index contributed by atoms with van der Waals surface area (Å²) in [4.78, 5) is 18.6. The third kappa shape index (κ3) is 2.78. The van der Waals surface area contributed by atoms with Gasteiger partial charge >= 0.3 is 0 Å². The lowest BCUT2D eigenvalue weighted by Gasteiger charge is -2.37. The average Bonchev–Trinajstić information content (AvgIpc) is 3.04. The Kier molecular flexibility index (Phi) is 3.78. The molecule has 1 aliphatic rings. The van der Waals surface area contributed by atoms with Crippen molar-refractivity contribution in [1.82, 2.24) is 15.0 Å². The van der Waals surface area contributed by atoms with Gasteiger partial charge in [-0.3, -0.25) is 4.79 Å². The van der Waals surface area contributed by atoms with Gasteiger partial charge in [0.1, 0.15) is 0 Å². The number of carbonyl (C=O) groups is 1. The highest BCUT2D eigenvalue weighted by Crippen LogP contribution is 2.29. The van der Waals surface area contributed by atoms with Gasteiger partial charge in [0.25, 0.3) is 5.91 Å². The summed E-state index contributed by atoms with van der Waals surface area (Å²) in [7, 11) is 0. The Balaban J connectivity index is 1.42. The quantitative estimate of drug-likeness (QED) is 0.731. The monoisotopic (exact) mass is 339 g/mol. The number of likely N-dealkylation sites (tertiary alicyclic amines) is 1. The molecule has 24 heavy (non-hydrogen) atoms. The molecule has 0 aliphatic carbocycles. The number of hydrogen-bond donors (Lipinski definition) is 0. The molecular formula is C18H14ClN3O2. The first-order chi connectivity index (χ1) is 11.7. The highest BCUT2D eigenvalue weighted by molar-refractivity contribution is 6.30. The van der Waals surface area contributed by atoms with E-state index in [1.54, 1.807) is 29.2 Å². The number of nitrogens with zero attached hydrogens (tertiary/aromatic N) is 3. The number of carbonyl (C=O) groups excluding carboxylic acids is 1. The summed E-state index contributed by atoms with van der Waals surface area (Å²) < 4.78 is 5.36. The molecule has 1 fully saturated rings. The number of amides is 1. The molecule has 120 valence electrons. The molecule has 0 atom stereocenters. The molecule has 0 spiro atoms. The van der Waals surface area contributed by atoms with Crippen molar-refractivity contribution in [3.63, 3.8) is 0 Å². The highest BCUT2D eigenvalue weighted by atomic mass is 35.5. The minimum absolute atomic E-state index is 0.00860. The van der Waals surface area contributed by atoms with Crippen LogP contribution in [0.15, 0.2) is 59.1 Å². The fourth-order valence-corrected chi connectivity index (χ4v) is 2.81. The Morgan fingerprint density at radius 1 is 1.08 bits per heavy atom. The van der Waals surface area contributed by atoms with Crippen LogP contribution in [0.25, 0.3) is 11.4 Å². The molecule has 3 aromatic rings. The average molecular weight is 340 g/mol. The summed E-state index contributed by atoms with van der Waals surface area (Å²) >= 11 is 5.85. The van der Waals surface area contributed by atoms with Crippen LogP contribution in [0.3, 0.4) is 0 Å². The van der Waals surface area contributed by atoms with Crippen LogP contribution in [-0.4, -0.2) is 34.0 Å². The lowest BCUT2D eigenvalue weighted by atomic mass is 9.98. The maximum Gasteiger partial charge on any atom is 0.253 e. The van der Waals surface area contributed by atoms with Crippen LogP contribution in [0.5, 0.6) is 0 Å². The van der Waals surface area contributed by atoms with Crippen molar-refractivity contribution in [2.75, 3.05) is 13.1 Å². The van der Waals surface area contributed by atoms with Crippen LogP contribution in [-0.2, 0) is 0 Å². The molecule has 2 heterocycles. The molecule has 0 saturated carbocycles. The number of halogens is 1. The van der Waals surface area contributed by atoms with Gasteiger partial charge in [-0.2, -0.15) is 4.98 Å². The van der Waals surface area contributed by atoms with Gasteiger partial charge in [-0.05, 0) is 24.3 Å². The maximum absolute atomic E-state index is 12.4. The largest absolute Gasteiger partial charge is 0.339 e. The van der Waals surface area contributed by atoms with Gasteiger partial charge in [-0.1, -0.05) is 47.1 Å². The number of aromatic nitrogens is 2. The Bertz CT molecular complexity index is 855. The second-order valence-electron chi connectivity index (χ2n) is 5.74. The van der Waals surface area contributed by atoms with Gasteiger partial charge < -0.3 is 9.42 Å². The molecule has 6 heteroatoms. The number of benzene rings is 2. The number of hydrogen-bond acceptors (Lipinski definition) is 4. The van der Waals surface area contributed by atoms with E-state index >= 15 is 0 Å². The van der Waals surface area contributed by atoms with Crippen LogP contribution in [0.2, 0.25) is 5.02 Å². The third-order valence-corrected chi connectivity index (χ3v) is 4.33. The summed E-state index contributed by atoms with van der Waals surface area (Å²) in [6.45, 7) is 1.16. The maximum atomic E-state index is 12.4. The Labute approximate surface area is 143 Å². The van der Waals surface area contributed by atoms with Crippen molar-refractivity contribution >= 4 is 17.5 Å². The molecule has 5 nitrogen and oxygen atoms in total. The van der Waals surface area contributed by atoms with Gasteiger partial charge in [0.05, 0.1) is 5.92 Å². The predicted octanol–water partition coefficient (Wildman–Crippen LogP) is 3.63. The zero-order valence-electron chi connectivity index (χ0n) is 12.7. The van der Waals surface area contributed by atoms with Crippen molar-refractivity contribution in [2.24, 2.45) is 0 Å². The molecule has 0 bridgehead atoms. The summed E-state index contributed by atoms with van der Waals surface area (Å²) in [6.07, 6.45) is 0. The second-order valence-corrected chi connectivity index (χ2v) is 6.17. The van der Waals surface area contributed by atoms with E-state index in [1.807, 2.05) is 30.3 Å². The topological polar surface area (TPSA) is 59.2 Å². The summed E-state index contributed by atoms with van der Waals surface area (Å²) in [6, 6.07) is 16.6. The molecule has 4 rings (SSSR count). The molecule has 1 amide bonds. The SMILES string of the molecule is O=C(c1ccc(Cl)cc1)N1CC(c2nc(-c3ccccc3)no2)C1. The van der Waals surface area contributed by atoms with E-state index in [2.05, 4.69) is 10.1 Å². The van der Waals surface area contributed by atoms with Gasteiger partial charge in [0.2, 0.25) is 11.7 Å². The third-order valence-electron chi connectivity index (χ3n) is 4.08. The van der Waals surface area contributed by atoms with Crippen molar-refractivity contribution < 1.29 is 9.32 Å². The van der Waals surface area contributed by atoms with E-state index in [0.29, 0.717) is 35.4 Å². The minimum Gasteiger partial charge on any atom is -0.339 e. The van der Waals surface area contributed by atoms with Crippen molar-refractivity contribution in [2.45, 2.75) is 5.92 Å². The molecule has 1 saturated heterocycles. The lowest BCUT2D eigenvalue weighted by Crippen LogP contribution is -2.48. The molecule has 0 N–H and O–H groups in total. The zero-order chi connectivity index (χ0) is 16.5. The molecule has 1 aromatic heterocycles. The van der Waals surface area contributed by atoms with Gasteiger partial charge in [-0.15, -0.1) is 0 Å². The van der Waals surface area contributed by atoms with E-state index < -0.39 is 0 Å². The van der Waals surface area contributed by atoms with Crippen molar-refractivity contribution in [1.29, 1.82) is 0 Å². The Morgan fingerprint density at radius 2 is 1.79 bits per heavy atom. The van der Waals surface area contributed by atoms with E-state index in [9.17, 15) is 4.79 Å². The normalized spacial score (nSPS) is 14.5. The predicted molar refractivity (Wildman–Crippen MR) is 89.8 cm³/mol. The van der Waals surface area contributed by atoms with E-state index in [-0.39, 0.29) is 11.8 Å². The van der Waals surface area contributed by atoms with Crippen LogP contribution in [0.1, 0.15) is 22.2 Å². The Morgan fingerprint density at radius 3 is 2.50 bits per heavy atom. The molecule has 0 unspecified atom stereocenters. The van der Waals surface area contributed by atoms with Gasteiger partial charge in [-0.25, -0.2) is 0 Å². The summed E-state index contributed by atoms with van der Waals surface area (Å²) in [5.74, 6) is 1.24. The van der Waals surface area contributed by atoms with Crippen LogP contribution >= 0.6 is 11.6 Å². The molecular weight excluding hydrogens is 326 g/mol. The molecule has 2 aromatic carbocycles. The lowest BCUT2D eigenvalue weighted by molar-refractivity contribution is 0.0569. The van der Waals surface area contributed by atoms with E-state index in [0.717, 1.165) is 5.56 Å². The smallest absolute Gasteiger partial charge is 0.253 e. The molecule has 1 aliphatic heterocycles. The number of rotatable bonds is 3. The first-order valence-corrected chi connectivity index (χ1v) is 8.02. The highest BCUT2D eigenvalue weighted by Gasteiger charge is 2.36. The van der Waals surface area contributed by atoms with E-state index in [4.69, 9.17) is 16.1 Å². The first-order valence-electron chi connectivity index (χ1n) is 7.64. The van der Waals surface area contributed by atoms with Crippen molar-refractivity contribution in [3.8, 4) is 11.4 Å².